The fraction of sp³-hybridized carbons (Fsp3) is 0.500. The summed E-state index contributed by atoms with van der Waals surface area (Å²) in [4.78, 5) is 37.9. The number of ether oxygens (including phenoxy) is 2. The second kappa shape index (κ2) is 11.1. The quantitative estimate of drug-likeness (QED) is 0.252. The number of esters is 1. The van der Waals surface area contributed by atoms with E-state index in [9.17, 15) is 29.2 Å². The Bertz CT molecular complexity index is 1210. The standard InChI is InChI=1S/C22H30N3O10P/c1-13(2)33-19(28)14(3)24-36(31,35-15-8-6-5-7-9-15)32-12-16-18(27)22(4,30)20(34-16)25-11-10-17(26)23-21(25)29/h5-11,13-14,16,18,20,27,30H,12H2,1-4H3,(H,24,31)(H,23,26,29)/t14?,16-,18-,20-,22-,36?/m1/s1. The summed E-state index contributed by atoms with van der Waals surface area (Å²) in [5.41, 5.74) is -3.49. The van der Waals surface area contributed by atoms with E-state index in [2.05, 4.69) is 5.09 Å². The molecular weight excluding hydrogens is 497 g/mol. The minimum Gasteiger partial charge on any atom is -0.462 e. The number of para-hydroxylation sites is 1. The van der Waals surface area contributed by atoms with E-state index in [4.69, 9.17) is 18.5 Å². The fourth-order valence-electron chi connectivity index (χ4n) is 3.50. The van der Waals surface area contributed by atoms with E-state index in [-0.39, 0.29) is 5.75 Å². The Morgan fingerprint density at radius 2 is 1.92 bits per heavy atom. The molecule has 1 aliphatic rings. The molecule has 0 aliphatic carbocycles. The lowest BCUT2D eigenvalue weighted by Gasteiger charge is -2.27. The monoisotopic (exact) mass is 527 g/mol. The Labute approximate surface area is 206 Å². The van der Waals surface area contributed by atoms with Gasteiger partial charge in [-0.1, -0.05) is 18.2 Å². The maximum Gasteiger partial charge on any atom is 0.459 e. The smallest absolute Gasteiger partial charge is 0.459 e. The van der Waals surface area contributed by atoms with Gasteiger partial charge >= 0.3 is 19.4 Å². The molecule has 14 heteroatoms. The van der Waals surface area contributed by atoms with Crippen LogP contribution in [0, 0.1) is 0 Å². The lowest BCUT2D eigenvalue weighted by atomic mass is 9.96. The molecule has 0 radical (unpaired) electrons. The Hall–Kier alpha value is -2.80. The van der Waals surface area contributed by atoms with E-state index in [1.165, 1.54) is 26.0 Å². The van der Waals surface area contributed by atoms with Gasteiger partial charge in [0.15, 0.2) is 6.23 Å². The zero-order valence-electron chi connectivity index (χ0n) is 20.2. The first kappa shape index (κ1) is 27.8. The maximum atomic E-state index is 13.6. The largest absolute Gasteiger partial charge is 0.462 e. The van der Waals surface area contributed by atoms with Crippen molar-refractivity contribution in [2.75, 3.05) is 6.61 Å². The van der Waals surface area contributed by atoms with Crippen LogP contribution in [0.15, 0.2) is 52.2 Å². The van der Waals surface area contributed by atoms with Crippen LogP contribution in [0.25, 0.3) is 0 Å². The molecule has 1 saturated heterocycles. The molecule has 1 aliphatic heterocycles. The third-order valence-corrected chi connectivity index (χ3v) is 6.94. The topological polar surface area (TPSA) is 178 Å². The summed E-state index contributed by atoms with van der Waals surface area (Å²) in [5.74, 6) is -0.515. The van der Waals surface area contributed by atoms with Crippen LogP contribution in [0.5, 0.6) is 5.75 Å². The highest BCUT2D eigenvalue weighted by molar-refractivity contribution is 7.52. The number of aromatic amines is 1. The number of hydrogen-bond donors (Lipinski definition) is 4. The number of aliphatic hydroxyl groups excluding tert-OH is 1. The predicted octanol–water partition coefficient (Wildman–Crippen LogP) is 0.679. The first-order chi connectivity index (χ1) is 16.8. The van der Waals surface area contributed by atoms with Gasteiger partial charge in [-0.05, 0) is 39.8 Å². The van der Waals surface area contributed by atoms with Gasteiger partial charge in [0.1, 0.15) is 29.6 Å². The number of nitrogens with zero attached hydrogens (tertiary/aromatic N) is 1. The van der Waals surface area contributed by atoms with Crippen molar-refractivity contribution in [3.63, 3.8) is 0 Å². The molecule has 0 spiro atoms. The zero-order valence-corrected chi connectivity index (χ0v) is 21.1. The van der Waals surface area contributed by atoms with Crippen molar-refractivity contribution >= 4 is 13.7 Å². The van der Waals surface area contributed by atoms with Gasteiger partial charge in [-0.3, -0.25) is 23.7 Å². The lowest BCUT2D eigenvalue weighted by molar-refractivity contribution is -0.149. The van der Waals surface area contributed by atoms with Crippen LogP contribution in [0.3, 0.4) is 0 Å². The fourth-order valence-corrected chi connectivity index (χ4v) is 5.00. The molecule has 1 fully saturated rings. The third kappa shape index (κ3) is 6.49. The van der Waals surface area contributed by atoms with Gasteiger partial charge in [-0.15, -0.1) is 0 Å². The van der Waals surface area contributed by atoms with Gasteiger partial charge in [-0.25, -0.2) is 9.36 Å². The van der Waals surface area contributed by atoms with Crippen molar-refractivity contribution in [2.24, 2.45) is 0 Å². The summed E-state index contributed by atoms with van der Waals surface area (Å²) >= 11 is 0. The van der Waals surface area contributed by atoms with Gasteiger partial charge < -0.3 is 24.2 Å². The summed E-state index contributed by atoms with van der Waals surface area (Å²) in [5, 5.41) is 24.0. The number of aliphatic hydroxyl groups is 2. The number of nitrogens with one attached hydrogen (secondary N) is 2. The molecule has 6 atom stereocenters. The Morgan fingerprint density at radius 1 is 1.25 bits per heavy atom. The first-order valence-corrected chi connectivity index (χ1v) is 12.7. The van der Waals surface area contributed by atoms with Crippen molar-refractivity contribution in [3.05, 3.63) is 63.4 Å². The number of benzene rings is 1. The SMILES string of the molecule is CC(C)OC(=O)C(C)NP(=O)(OC[C@H]1O[C@@H](n2ccc(=O)[nH]c2=O)[C@](C)(O)[C@@H]1O)Oc1ccccc1. The predicted molar refractivity (Wildman–Crippen MR) is 126 cm³/mol. The number of carbonyl (C=O) groups excluding carboxylic acids is 1. The van der Waals surface area contributed by atoms with Crippen molar-refractivity contribution in [1.82, 2.24) is 14.6 Å². The molecule has 4 N–H and O–H groups in total. The summed E-state index contributed by atoms with van der Waals surface area (Å²) in [6.07, 6.45) is -3.54. The van der Waals surface area contributed by atoms with Crippen LogP contribution >= 0.6 is 7.75 Å². The molecule has 0 amide bonds. The molecule has 2 aromatic rings. The maximum absolute atomic E-state index is 13.6. The van der Waals surface area contributed by atoms with Crippen LogP contribution in [0.1, 0.15) is 33.9 Å². The second-order valence-corrected chi connectivity index (χ2v) is 10.4. The lowest BCUT2D eigenvalue weighted by Crippen LogP contribution is -2.47. The van der Waals surface area contributed by atoms with E-state index in [0.29, 0.717) is 0 Å². The molecular formula is C22H30N3O10P. The van der Waals surface area contributed by atoms with E-state index >= 15 is 0 Å². The first-order valence-electron chi connectivity index (χ1n) is 11.2. The number of rotatable bonds is 10. The third-order valence-electron chi connectivity index (χ3n) is 5.29. The molecule has 0 bridgehead atoms. The van der Waals surface area contributed by atoms with Gasteiger partial charge in [0.2, 0.25) is 0 Å². The van der Waals surface area contributed by atoms with Crippen molar-refractivity contribution in [3.8, 4) is 5.75 Å². The average Bonchev–Trinajstić information content (AvgIpc) is 3.01. The molecule has 2 unspecified atom stereocenters. The summed E-state index contributed by atoms with van der Waals surface area (Å²) < 4.78 is 36.3. The molecule has 13 nitrogen and oxygen atoms in total. The molecule has 0 saturated carbocycles. The van der Waals surface area contributed by atoms with E-state index in [0.717, 1.165) is 16.8 Å². The second-order valence-electron chi connectivity index (χ2n) is 8.75. The van der Waals surface area contributed by atoms with E-state index < -0.39 is 67.8 Å². The van der Waals surface area contributed by atoms with Gasteiger partial charge in [-0.2, -0.15) is 5.09 Å². The van der Waals surface area contributed by atoms with Crippen LogP contribution < -0.4 is 20.9 Å². The number of H-pyrrole nitrogens is 1. The number of carbonyl (C=O) groups is 1. The molecule has 198 valence electrons. The summed E-state index contributed by atoms with van der Waals surface area (Å²) in [7, 11) is -4.26. The summed E-state index contributed by atoms with van der Waals surface area (Å²) in [6.45, 7) is 5.42. The normalized spacial score (nSPS) is 26.4. The van der Waals surface area contributed by atoms with Crippen LogP contribution in [0.2, 0.25) is 0 Å². The van der Waals surface area contributed by atoms with Gasteiger partial charge in [0, 0.05) is 12.3 Å². The minimum absolute atomic E-state index is 0.176. The molecule has 1 aromatic heterocycles. The summed E-state index contributed by atoms with van der Waals surface area (Å²) in [6, 6.07) is 8.02. The Balaban J connectivity index is 1.80. The number of hydrogen-bond acceptors (Lipinski definition) is 10. The highest BCUT2D eigenvalue weighted by Gasteiger charge is 2.54. The molecule has 1 aromatic carbocycles. The van der Waals surface area contributed by atoms with Crippen LogP contribution in [0.4, 0.5) is 0 Å². The minimum atomic E-state index is -4.26. The van der Waals surface area contributed by atoms with Gasteiger partial charge in [0.25, 0.3) is 5.56 Å². The molecule has 36 heavy (non-hydrogen) atoms. The van der Waals surface area contributed by atoms with E-state index in [1.807, 2.05) is 4.98 Å². The highest BCUT2D eigenvalue weighted by atomic mass is 31.2. The highest BCUT2D eigenvalue weighted by Crippen LogP contribution is 2.46. The van der Waals surface area contributed by atoms with Crippen molar-refractivity contribution < 1.29 is 38.1 Å². The van der Waals surface area contributed by atoms with Crippen LogP contribution in [-0.2, 0) is 23.4 Å². The Kier molecular flexibility index (Phi) is 8.55. The molecule has 3 rings (SSSR count). The number of aromatic nitrogens is 2. The molecule has 2 heterocycles. The van der Waals surface area contributed by atoms with Gasteiger partial charge in [0.05, 0.1) is 12.7 Å². The van der Waals surface area contributed by atoms with E-state index in [1.54, 1.807) is 32.0 Å². The van der Waals surface area contributed by atoms with Crippen molar-refractivity contribution in [2.45, 2.75) is 63.9 Å². The average molecular weight is 527 g/mol. The van der Waals surface area contributed by atoms with Crippen LogP contribution in [-0.4, -0.2) is 62.3 Å². The van der Waals surface area contributed by atoms with Crippen molar-refractivity contribution in [1.29, 1.82) is 0 Å². The Morgan fingerprint density at radius 3 is 2.53 bits per heavy atom. The zero-order chi connectivity index (χ0) is 26.7.